The van der Waals surface area contributed by atoms with Crippen LogP contribution < -0.4 is 21.5 Å². The molecule has 1 atom stereocenters. The molecule has 1 saturated heterocycles. The molecule has 1 aromatic heterocycles. The van der Waals surface area contributed by atoms with Crippen LogP contribution in [0.4, 0.5) is 10.5 Å². The second-order valence-corrected chi connectivity index (χ2v) is 8.21. The lowest BCUT2D eigenvalue weighted by Gasteiger charge is -2.18. The molecule has 4 amide bonds. The molecular formula is C24H20N4O4. The van der Waals surface area contributed by atoms with Crippen LogP contribution >= 0.6 is 0 Å². The molecule has 0 radical (unpaired) electrons. The average molecular weight is 428 g/mol. The number of carbonyl (C=O) groups is 3. The highest BCUT2D eigenvalue weighted by atomic mass is 16.2. The number of carbonyl (C=O) groups excluding carboxylic acids is 3. The number of imide groups is 1. The van der Waals surface area contributed by atoms with Crippen LogP contribution in [0.3, 0.4) is 0 Å². The maximum atomic E-state index is 12.9. The summed E-state index contributed by atoms with van der Waals surface area (Å²) in [6.07, 6.45) is 2.41. The number of nitrogens with one attached hydrogen (secondary N) is 3. The van der Waals surface area contributed by atoms with Crippen molar-refractivity contribution in [2.45, 2.75) is 18.4 Å². The monoisotopic (exact) mass is 428 g/mol. The summed E-state index contributed by atoms with van der Waals surface area (Å²) in [5, 5.41) is 7.71. The molecule has 0 bridgehead atoms. The van der Waals surface area contributed by atoms with Crippen LogP contribution in [0.5, 0.6) is 0 Å². The van der Waals surface area contributed by atoms with Crippen LogP contribution in [0.1, 0.15) is 21.5 Å². The molecule has 2 heterocycles. The van der Waals surface area contributed by atoms with Gasteiger partial charge in [-0.05, 0) is 34.9 Å². The SMILES string of the molecule is Cn1cc(-c2ccccc2)cc(NC(=O)c2ccc3c(c2)CC2(C3)NC(=O)NC2=O)c1=O. The van der Waals surface area contributed by atoms with Crippen molar-refractivity contribution in [2.75, 3.05) is 5.32 Å². The molecule has 8 heteroatoms. The van der Waals surface area contributed by atoms with Gasteiger partial charge in [-0.25, -0.2) is 4.79 Å². The second-order valence-electron chi connectivity index (χ2n) is 8.21. The van der Waals surface area contributed by atoms with Crippen molar-refractivity contribution in [3.05, 3.63) is 87.8 Å². The van der Waals surface area contributed by atoms with Gasteiger partial charge in [0.05, 0.1) is 0 Å². The number of aromatic nitrogens is 1. The number of hydrogen-bond acceptors (Lipinski definition) is 4. The number of hydrogen-bond donors (Lipinski definition) is 3. The van der Waals surface area contributed by atoms with Crippen molar-refractivity contribution in [1.29, 1.82) is 0 Å². The first-order valence-corrected chi connectivity index (χ1v) is 10.2. The molecule has 1 aliphatic heterocycles. The standard InChI is InChI=1S/C24H20N4O4/c1-28-13-18(14-5-3-2-4-6-14)10-19(21(28)30)25-20(29)15-7-8-16-11-24(12-17(16)9-15)22(31)26-23(32)27-24/h2-10,13H,11-12H2,1H3,(H,25,29)(H2,26,27,31,32). The summed E-state index contributed by atoms with van der Waals surface area (Å²) in [6.45, 7) is 0. The van der Waals surface area contributed by atoms with E-state index in [1.165, 1.54) is 4.57 Å². The van der Waals surface area contributed by atoms with Crippen molar-refractivity contribution in [1.82, 2.24) is 15.2 Å². The fourth-order valence-corrected chi connectivity index (χ4v) is 4.38. The first-order chi connectivity index (χ1) is 15.3. The quantitative estimate of drug-likeness (QED) is 0.554. The zero-order chi connectivity index (χ0) is 22.5. The number of nitrogens with zero attached hydrogens (tertiary/aromatic N) is 1. The maximum absolute atomic E-state index is 12.9. The highest BCUT2D eigenvalue weighted by molar-refractivity contribution is 6.08. The van der Waals surface area contributed by atoms with Gasteiger partial charge in [0.2, 0.25) is 0 Å². The molecule has 1 fully saturated rings. The normalized spacial score (nSPS) is 18.9. The van der Waals surface area contributed by atoms with Crippen molar-refractivity contribution < 1.29 is 14.4 Å². The zero-order valence-corrected chi connectivity index (χ0v) is 17.3. The summed E-state index contributed by atoms with van der Waals surface area (Å²) in [6, 6.07) is 15.9. The molecule has 3 N–H and O–H groups in total. The number of urea groups is 1. The summed E-state index contributed by atoms with van der Waals surface area (Å²) in [5.74, 6) is -0.776. The van der Waals surface area contributed by atoms with Gasteiger partial charge >= 0.3 is 6.03 Å². The zero-order valence-electron chi connectivity index (χ0n) is 17.3. The Labute approximate surface area is 183 Å². The molecule has 32 heavy (non-hydrogen) atoms. The predicted octanol–water partition coefficient (Wildman–Crippen LogP) is 1.98. The van der Waals surface area contributed by atoms with Crippen LogP contribution in [-0.4, -0.2) is 28.0 Å². The lowest BCUT2D eigenvalue weighted by atomic mass is 9.96. The van der Waals surface area contributed by atoms with Gasteiger partial charge in [0.15, 0.2) is 0 Å². The van der Waals surface area contributed by atoms with Crippen LogP contribution in [0.25, 0.3) is 11.1 Å². The summed E-state index contributed by atoms with van der Waals surface area (Å²) in [5.41, 5.74) is 2.70. The molecule has 0 saturated carbocycles. The van der Waals surface area contributed by atoms with Gasteiger partial charge in [0.25, 0.3) is 17.4 Å². The number of fused-ring (bicyclic) bond motifs is 1. The molecule has 1 aliphatic carbocycles. The molecule has 2 aromatic carbocycles. The topological polar surface area (TPSA) is 109 Å². The smallest absolute Gasteiger partial charge is 0.322 e. The van der Waals surface area contributed by atoms with Gasteiger partial charge in [0.1, 0.15) is 11.2 Å². The minimum Gasteiger partial charge on any atom is -0.323 e. The van der Waals surface area contributed by atoms with Crippen LogP contribution in [0.15, 0.2) is 65.6 Å². The van der Waals surface area contributed by atoms with Gasteiger partial charge in [-0.1, -0.05) is 36.4 Å². The van der Waals surface area contributed by atoms with Gasteiger partial charge < -0.3 is 15.2 Å². The van der Waals surface area contributed by atoms with E-state index in [4.69, 9.17) is 0 Å². The van der Waals surface area contributed by atoms with Gasteiger partial charge in [0, 0.05) is 37.2 Å². The Morgan fingerprint density at radius 2 is 1.72 bits per heavy atom. The molecule has 160 valence electrons. The largest absolute Gasteiger partial charge is 0.323 e. The molecule has 5 rings (SSSR count). The van der Waals surface area contributed by atoms with Gasteiger partial charge in [-0.2, -0.15) is 0 Å². The minimum absolute atomic E-state index is 0.179. The van der Waals surface area contributed by atoms with E-state index in [1.54, 1.807) is 37.5 Å². The van der Waals surface area contributed by atoms with Crippen LogP contribution in [0.2, 0.25) is 0 Å². The van der Waals surface area contributed by atoms with E-state index in [1.807, 2.05) is 30.3 Å². The van der Waals surface area contributed by atoms with Gasteiger partial charge in [-0.15, -0.1) is 0 Å². The lowest BCUT2D eigenvalue weighted by molar-refractivity contribution is -0.123. The van der Waals surface area contributed by atoms with Crippen molar-refractivity contribution in [2.24, 2.45) is 7.05 Å². The number of amides is 4. The van der Waals surface area contributed by atoms with E-state index in [9.17, 15) is 19.2 Å². The van der Waals surface area contributed by atoms with Crippen molar-refractivity contribution in [3.8, 4) is 11.1 Å². The Hall–Kier alpha value is -4.20. The summed E-state index contributed by atoms with van der Waals surface area (Å²) in [7, 11) is 1.64. The minimum atomic E-state index is -0.992. The van der Waals surface area contributed by atoms with E-state index >= 15 is 0 Å². The second kappa shape index (κ2) is 7.19. The lowest BCUT2D eigenvalue weighted by Crippen LogP contribution is -2.47. The molecule has 3 aromatic rings. The number of aryl methyl sites for hydroxylation is 1. The number of benzene rings is 2. The van der Waals surface area contributed by atoms with Crippen molar-refractivity contribution in [3.63, 3.8) is 0 Å². The van der Waals surface area contributed by atoms with Gasteiger partial charge in [-0.3, -0.25) is 19.7 Å². The first kappa shape index (κ1) is 19.7. The Morgan fingerprint density at radius 3 is 2.44 bits per heavy atom. The molecule has 2 aliphatic rings. The highest BCUT2D eigenvalue weighted by Gasteiger charge is 2.50. The van der Waals surface area contributed by atoms with E-state index in [0.29, 0.717) is 18.4 Å². The summed E-state index contributed by atoms with van der Waals surface area (Å²) in [4.78, 5) is 49.4. The third-order valence-electron chi connectivity index (χ3n) is 6.01. The van der Waals surface area contributed by atoms with E-state index in [0.717, 1.165) is 22.3 Å². The third kappa shape index (κ3) is 3.26. The summed E-state index contributed by atoms with van der Waals surface area (Å²) < 4.78 is 1.44. The molecule has 1 spiro atoms. The Morgan fingerprint density at radius 1 is 0.969 bits per heavy atom. The molecule has 8 nitrogen and oxygen atoms in total. The molecular weight excluding hydrogens is 408 g/mol. The van der Waals surface area contributed by atoms with E-state index < -0.39 is 17.5 Å². The Bertz CT molecular complexity index is 1350. The Kier molecular flexibility index (Phi) is 4.44. The highest BCUT2D eigenvalue weighted by Crippen LogP contribution is 2.33. The third-order valence-corrected chi connectivity index (χ3v) is 6.01. The average Bonchev–Trinajstić information content (AvgIpc) is 3.28. The van der Waals surface area contributed by atoms with E-state index in [-0.39, 0.29) is 17.2 Å². The van der Waals surface area contributed by atoms with Crippen LogP contribution in [0, 0.1) is 0 Å². The number of pyridine rings is 1. The number of rotatable bonds is 3. The summed E-state index contributed by atoms with van der Waals surface area (Å²) >= 11 is 0. The fourth-order valence-electron chi connectivity index (χ4n) is 4.38. The van der Waals surface area contributed by atoms with Crippen LogP contribution in [-0.2, 0) is 24.7 Å². The predicted molar refractivity (Wildman–Crippen MR) is 118 cm³/mol. The molecule has 1 unspecified atom stereocenters. The fraction of sp³-hybridized carbons (Fsp3) is 0.167. The van der Waals surface area contributed by atoms with Crippen molar-refractivity contribution >= 4 is 23.5 Å². The van der Waals surface area contributed by atoms with E-state index in [2.05, 4.69) is 16.0 Å². The first-order valence-electron chi connectivity index (χ1n) is 10.2. The number of anilines is 1. The Balaban J connectivity index is 1.42. The maximum Gasteiger partial charge on any atom is 0.322 e.